The Morgan fingerprint density at radius 2 is 1.11 bits per heavy atom. The number of aryl methyl sites for hydroxylation is 4. The molecule has 0 radical (unpaired) electrons. The van der Waals surface area contributed by atoms with Gasteiger partial charge in [-0.25, -0.2) is 0 Å². The highest BCUT2D eigenvalue weighted by molar-refractivity contribution is 5.96. The lowest BCUT2D eigenvalue weighted by atomic mass is 9.69. The van der Waals surface area contributed by atoms with Crippen LogP contribution in [-0.2, 0) is 31.1 Å². The van der Waals surface area contributed by atoms with Crippen LogP contribution in [0.15, 0.2) is 84.9 Å². The second-order valence-electron chi connectivity index (χ2n) is 17.3. The van der Waals surface area contributed by atoms with Gasteiger partial charge >= 0.3 is 0 Å². The van der Waals surface area contributed by atoms with E-state index in [1.807, 2.05) is 6.07 Å². The number of nitrogens with zero attached hydrogens (tertiary/aromatic N) is 2. The van der Waals surface area contributed by atoms with Crippen LogP contribution >= 0.6 is 0 Å². The van der Waals surface area contributed by atoms with Crippen molar-refractivity contribution < 1.29 is 0 Å². The van der Waals surface area contributed by atoms with Crippen molar-refractivity contribution in [2.75, 3.05) is 18.0 Å². The van der Waals surface area contributed by atoms with Gasteiger partial charge in [0.25, 0.3) is 0 Å². The Hall–Kier alpha value is -4.61. The molecular weight excluding hydrogens is 653 g/mol. The number of benzene rings is 5. The molecule has 0 fully saturated rings. The molecule has 2 aliphatic heterocycles. The van der Waals surface area contributed by atoms with Gasteiger partial charge in [0.05, 0.1) is 17.0 Å². The van der Waals surface area contributed by atoms with Gasteiger partial charge in [0, 0.05) is 18.8 Å². The molecule has 5 aromatic carbocycles. The fourth-order valence-corrected chi connectivity index (χ4v) is 10.6. The molecule has 2 aliphatic carbocycles. The van der Waals surface area contributed by atoms with Gasteiger partial charge in [-0.15, -0.1) is 0 Å². The van der Waals surface area contributed by atoms with Crippen LogP contribution in [0.2, 0.25) is 0 Å². The highest BCUT2D eigenvalue weighted by Gasteiger charge is 2.52. The molecule has 9 rings (SSSR count). The molecule has 0 N–H and O–H groups in total. The SMILES string of the molecule is CCC(C)CCCc1ccc2c(c1)C1(c3cc(C#N)ccc3-2)c2cc(CCCC(C)CC)ccc2-c2ccc(-c3cc4c5c(c3)CCCN5CCC4)cc21. The van der Waals surface area contributed by atoms with Crippen molar-refractivity contribution in [3.05, 3.63) is 135 Å². The summed E-state index contributed by atoms with van der Waals surface area (Å²) < 4.78 is 0. The molecule has 4 aliphatic rings. The Kier molecular flexibility index (Phi) is 9.25. The topological polar surface area (TPSA) is 27.0 Å². The van der Waals surface area contributed by atoms with Crippen LogP contribution in [0, 0.1) is 23.2 Å². The summed E-state index contributed by atoms with van der Waals surface area (Å²) in [4.78, 5) is 2.65. The third-order valence-electron chi connectivity index (χ3n) is 13.9. The van der Waals surface area contributed by atoms with Gasteiger partial charge in [-0.3, -0.25) is 0 Å². The van der Waals surface area contributed by atoms with Crippen LogP contribution in [0.25, 0.3) is 33.4 Å². The lowest BCUT2D eigenvalue weighted by Crippen LogP contribution is -2.34. The zero-order valence-corrected chi connectivity index (χ0v) is 33.0. The number of anilines is 1. The van der Waals surface area contributed by atoms with Crippen molar-refractivity contribution in [2.24, 2.45) is 11.8 Å². The predicted octanol–water partition coefficient (Wildman–Crippen LogP) is 13.0. The standard InChI is InChI=1S/C52H56N2/c1-5-34(3)11-7-13-36-17-21-43-45-23-19-38(33-53)29-49(45)52(47(43)27-36)48-28-37(14-8-12-35(4)6-2)18-22-44(48)46-24-20-39(32-50(46)52)42-30-40-15-9-25-54-26-10-16-41(31-42)51(40)54/h17-24,27-32,34-35H,5-16,25-26H2,1-4H3. The van der Waals surface area contributed by atoms with E-state index < -0.39 is 5.41 Å². The second kappa shape index (κ2) is 14.2. The molecule has 54 heavy (non-hydrogen) atoms. The first kappa shape index (κ1) is 35.1. The average molecular weight is 709 g/mol. The maximum atomic E-state index is 10.3. The van der Waals surface area contributed by atoms with Gasteiger partial charge in [-0.2, -0.15) is 5.26 Å². The quantitative estimate of drug-likeness (QED) is 0.134. The Labute approximate surface area is 324 Å². The summed E-state index contributed by atoms with van der Waals surface area (Å²) in [6.45, 7) is 11.8. The molecule has 3 atom stereocenters. The molecular formula is C52H56N2. The Bertz CT molecular complexity index is 2220. The molecule has 0 amide bonds. The van der Waals surface area contributed by atoms with Gasteiger partial charge in [0.2, 0.25) is 0 Å². The van der Waals surface area contributed by atoms with E-state index in [9.17, 15) is 5.26 Å². The van der Waals surface area contributed by atoms with Crippen LogP contribution in [0.1, 0.15) is 129 Å². The molecule has 274 valence electrons. The smallest absolute Gasteiger partial charge is 0.0991 e. The van der Waals surface area contributed by atoms with E-state index in [1.54, 1.807) is 0 Å². The van der Waals surface area contributed by atoms with E-state index in [2.05, 4.69) is 118 Å². The molecule has 0 saturated carbocycles. The minimum atomic E-state index is -0.475. The van der Waals surface area contributed by atoms with E-state index in [0.29, 0.717) is 0 Å². The lowest BCUT2D eigenvalue weighted by Gasteiger charge is -2.37. The van der Waals surface area contributed by atoms with Gasteiger partial charge in [-0.1, -0.05) is 108 Å². The van der Waals surface area contributed by atoms with Crippen LogP contribution in [0.5, 0.6) is 0 Å². The summed E-state index contributed by atoms with van der Waals surface area (Å²) in [6, 6.07) is 36.2. The van der Waals surface area contributed by atoms with Crippen molar-refractivity contribution in [3.63, 3.8) is 0 Å². The molecule has 3 unspecified atom stereocenters. The molecule has 2 heterocycles. The maximum Gasteiger partial charge on any atom is 0.0991 e. The van der Waals surface area contributed by atoms with Crippen molar-refractivity contribution in [1.82, 2.24) is 0 Å². The highest BCUT2D eigenvalue weighted by Crippen LogP contribution is 2.63. The summed E-state index contributed by atoms with van der Waals surface area (Å²) >= 11 is 0. The Morgan fingerprint density at radius 3 is 1.65 bits per heavy atom. The predicted molar refractivity (Wildman–Crippen MR) is 227 cm³/mol. The van der Waals surface area contributed by atoms with E-state index in [4.69, 9.17) is 0 Å². The first-order valence-electron chi connectivity index (χ1n) is 21.3. The van der Waals surface area contributed by atoms with E-state index >= 15 is 0 Å². The van der Waals surface area contributed by atoms with Gasteiger partial charge in [0.1, 0.15) is 0 Å². The molecule has 2 nitrogen and oxygen atoms in total. The summed E-state index contributed by atoms with van der Waals surface area (Å²) in [5.41, 5.74) is 21.1. The van der Waals surface area contributed by atoms with Crippen molar-refractivity contribution in [1.29, 1.82) is 5.26 Å². The Morgan fingerprint density at radius 1 is 0.611 bits per heavy atom. The summed E-state index contributed by atoms with van der Waals surface area (Å²) in [5, 5.41) is 10.3. The molecule has 0 saturated heterocycles. The second-order valence-corrected chi connectivity index (χ2v) is 17.3. The number of hydrogen-bond donors (Lipinski definition) is 0. The van der Waals surface area contributed by atoms with Crippen LogP contribution in [0.3, 0.4) is 0 Å². The van der Waals surface area contributed by atoms with E-state index in [-0.39, 0.29) is 0 Å². The average Bonchev–Trinajstić information content (AvgIpc) is 3.66. The van der Waals surface area contributed by atoms with Gasteiger partial charge in [0.15, 0.2) is 0 Å². The molecule has 5 aromatic rings. The molecule has 0 bridgehead atoms. The van der Waals surface area contributed by atoms with Crippen LogP contribution in [-0.4, -0.2) is 13.1 Å². The minimum absolute atomic E-state index is 0.475. The van der Waals surface area contributed by atoms with E-state index in [0.717, 1.165) is 30.2 Å². The summed E-state index contributed by atoms with van der Waals surface area (Å²) in [7, 11) is 0. The number of nitriles is 1. The Balaban J connectivity index is 1.25. The van der Waals surface area contributed by atoms with Crippen molar-refractivity contribution >= 4 is 5.69 Å². The number of fused-ring (bicyclic) bond motifs is 10. The molecule has 2 heteroatoms. The largest absolute Gasteiger partial charge is 0.371 e. The highest BCUT2D eigenvalue weighted by atomic mass is 15.1. The third-order valence-corrected chi connectivity index (χ3v) is 13.9. The summed E-state index contributed by atoms with van der Waals surface area (Å²) in [6.07, 6.45) is 14.4. The summed E-state index contributed by atoms with van der Waals surface area (Å²) in [5.74, 6) is 1.51. The first-order chi connectivity index (χ1) is 26.4. The number of hydrogen-bond acceptors (Lipinski definition) is 2. The molecule has 0 aromatic heterocycles. The van der Waals surface area contributed by atoms with Crippen molar-refractivity contribution in [3.8, 4) is 39.4 Å². The van der Waals surface area contributed by atoms with Crippen LogP contribution < -0.4 is 4.90 Å². The van der Waals surface area contributed by atoms with Crippen molar-refractivity contribution in [2.45, 2.75) is 110 Å². The zero-order chi connectivity index (χ0) is 37.0. The fourth-order valence-electron chi connectivity index (χ4n) is 10.6. The monoisotopic (exact) mass is 708 g/mol. The number of rotatable bonds is 11. The van der Waals surface area contributed by atoms with E-state index in [1.165, 1.54) is 161 Å². The molecule has 1 spiro atoms. The third kappa shape index (κ3) is 5.73. The first-order valence-corrected chi connectivity index (χ1v) is 21.3. The fraction of sp³-hybridized carbons (Fsp3) is 0.404. The zero-order valence-electron chi connectivity index (χ0n) is 33.0. The maximum absolute atomic E-state index is 10.3. The van der Waals surface area contributed by atoms with Gasteiger partial charge in [-0.05, 0) is 171 Å². The van der Waals surface area contributed by atoms with Gasteiger partial charge < -0.3 is 4.90 Å². The minimum Gasteiger partial charge on any atom is -0.371 e. The normalized spacial score (nSPS) is 18.4. The lowest BCUT2D eigenvalue weighted by molar-refractivity contribution is 0.495. The van der Waals surface area contributed by atoms with Crippen LogP contribution in [0.4, 0.5) is 5.69 Å².